The molecule has 0 saturated heterocycles. The van der Waals surface area contributed by atoms with Crippen LogP contribution in [0.2, 0.25) is 4.34 Å². The van der Waals surface area contributed by atoms with E-state index in [4.69, 9.17) is 11.6 Å². The highest BCUT2D eigenvalue weighted by Gasteiger charge is 2.14. The molecule has 0 aliphatic carbocycles. The molecule has 0 aliphatic rings. The number of ketones is 1. The molecule has 8 heteroatoms. The Bertz CT molecular complexity index is 651. The van der Waals surface area contributed by atoms with Crippen molar-refractivity contribution in [3.05, 3.63) is 26.4 Å². The fourth-order valence-electron chi connectivity index (χ4n) is 1.51. The van der Waals surface area contributed by atoms with Crippen molar-refractivity contribution in [2.24, 2.45) is 0 Å². The molecular formula is C13H14ClN3O2S2. The number of anilines is 1. The zero-order valence-corrected chi connectivity index (χ0v) is 13.9. The smallest absolute Gasteiger partial charge is 0.226 e. The Hall–Kier alpha value is -1.31. The maximum absolute atomic E-state index is 11.9. The lowest BCUT2D eigenvalue weighted by molar-refractivity contribution is -0.116. The molecule has 1 N–H and O–H groups in total. The molecule has 1 amide bonds. The van der Waals surface area contributed by atoms with Crippen LogP contribution in [0, 0.1) is 0 Å². The zero-order chi connectivity index (χ0) is 15.4. The lowest BCUT2D eigenvalue weighted by atomic mass is 10.2. The van der Waals surface area contributed by atoms with Crippen molar-refractivity contribution < 1.29 is 9.59 Å². The van der Waals surface area contributed by atoms with Gasteiger partial charge in [-0.05, 0) is 12.1 Å². The molecule has 5 nitrogen and oxygen atoms in total. The summed E-state index contributed by atoms with van der Waals surface area (Å²) in [6.45, 7) is 4.02. The van der Waals surface area contributed by atoms with Crippen LogP contribution < -0.4 is 5.32 Å². The second kappa shape index (κ2) is 7.11. The number of Topliss-reactive ketones (excluding diaryl/α,β-unsaturated/α-hetero) is 1. The second-order valence-corrected chi connectivity index (χ2v) is 7.40. The summed E-state index contributed by atoms with van der Waals surface area (Å²) in [6, 6.07) is 3.35. The number of rotatable bonds is 6. The molecule has 21 heavy (non-hydrogen) atoms. The minimum atomic E-state index is -0.238. The van der Waals surface area contributed by atoms with Crippen molar-refractivity contribution in [2.75, 3.05) is 5.32 Å². The molecule has 0 aromatic carbocycles. The van der Waals surface area contributed by atoms with E-state index in [2.05, 4.69) is 15.5 Å². The number of amides is 1. The van der Waals surface area contributed by atoms with Gasteiger partial charge in [-0.3, -0.25) is 9.59 Å². The quantitative estimate of drug-likeness (QED) is 0.805. The van der Waals surface area contributed by atoms with E-state index in [-0.39, 0.29) is 30.4 Å². The topological polar surface area (TPSA) is 72.0 Å². The largest absolute Gasteiger partial charge is 0.301 e. The molecule has 2 aromatic heterocycles. The van der Waals surface area contributed by atoms with Crippen LogP contribution >= 0.6 is 34.3 Å². The standard InChI is InChI=1S/C13H14ClN3O2S2/c1-7(2)12-16-17-13(21-12)15-11(19)6-3-8(18)9-4-5-10(14)20-9/h4-5,7H,3,6H2,1-2H3,(H,15,17,19). The predicted molar refractivity (Wildman–Crippen MR) is 85.5 cm³/mol. The SMILES string of the molecule is CC(C)c1nnc(NC(=O)CCC(=O)c2ccc(Cl)s2)s1. The van der Waals surface area contributed by atoms with Crippen LogP contribution in [-0.2, 0) is 4.79 Å². The molecule has 0 aliphatic heterocycles. The number of thiophene rings is 1. The van der Waals surface area contributed by atoms with Gasteiger partial charge in [0.25, 0.3) is 0 Å². The van der Waals surface area contributed by atoms with Gasteiger partial charge in [0, 0.05) is 18.8 Å². The van der Waals surface area contributed by atoms with Crippen LogP contribution in [0.15, 0.2) is 12.1 Å². The summed E-state index contributed by atoms with van der Waals surface area (Å²) in [7, 11) is 0. The van der Waals surface area contributed by atoms with Gasteiger partial charge in [-0.1, -0.05) is 36.8 Å². The molecule has 0 fully saturated rings. The number of nitrogens with one attached hydrogen (secondary N) is 1. The summed E-state index contributed by atoms with van der Waals surface area (Å²) < 4.78 is 0.567. The first-order valence-corrected chi connectivity index (χ1v) is 8.38. The maximum atomic E-state index is 11.9. The highest BCUT2D eigenvalue weighted by Crippen LogP contribution is 2.24. The Balaban J connectivity index is 1.83. The Morgan fingerprint density at radius 1 is 1.24 bits per heavy atom. The molecule has 0 spiro atoms. The molecule has 2 aromatic rings. The molecule has 0 radical (unpaired) electrons. The first-order chi connectivity index (χ1) is 9.95. The van der Waals surface area contributed by atoms with Gasteiger partial charge in [0.15, 0.2) is 5.78 Å². The van der Waals surface area contributed by atoms with Crippen molar-refractivity contribution in [3.63, 3.8) is 0 Å². The van der Waals surface area contributed by atoms with Crippen molar-refractivity contribution >= 4 is 51.1 Å². The maximum Gasteiger partial charge on any atom is 0.226 e. The van der Waals surface area contributed by atoms with E-state index < -0.39 is 0 Å². The summed E-state index contributed by atoms with van der Waals surface area (Å²) in [5.74, 6) is -0.0436. The average Bonchev–Trinajstić information content (AvgIpc) is 3.05. The van der Waals surface area contributed by atoms with Gasteiger partial charge in [0.1, 0.15) is 5.01 Å². The number of halogens is 1. The van der Waals surface area contributed by atoms with E-state index in [1.807, 2.05) is 13.8 Å². The van der Waals surface area contributed by atoms with Crippen LogP contribution in [0.3, 0.4) is 0 Å². The number of hydrogen-bond acceptors (Lipinski definition) is 6. The number of aromatic nitrogens is 2. The van der Waals surface area contributed by atoms with Crippen molar-refractivity contribution in [2.45, 2.75) is 32.6 Å². The van der Waals surface area contributed by atoms with Gasteiger partial charge in [-0.25, -0.2) is 0 Å². The second-order valence-electron chi connectivity index (χ2n) is 4.68. The third-order valence-corrected chi connectivity index (χ3v) is 5.02. The lowest BCUT2D eigenvalue weighted by Crippen LogP contribution is -2.13. The van der Waals surface area contributed by atoms with E-state index in [1.54, 1.807) is 12.1 Å². The van der Waals surface area contributed by atoms with Gasteiger partial charge < -0.3 is 5.32 Å². The molecular weight excluding hydrogens is 330 g/mol. The fraction of sp³-hybridized carbons (Fsp3) is 0.385. The van der Waals surface area contributed by atoms with E-state index in [9.17, 15) is 9.59 Å². The van der Waals surface area contributed by atoms with E-state index in [1.165, 1.54) is 22.7 Å². The number of nitrogens with zero attached hydrogens (tertiary/aromatic N) is 2. The van der Waals surface area contributed by atoms with Gasteiger partial charge >= 0.3 is 0 Å². The molecule has 0 bridgehead atoms. The summed E-state index contributed by atoms with van der Waals surface area (Å²) in [5.41, 5.74) is 0. The summed E-state index contributed by atoms with van der Waals surface area (Å²) in [6.07, 6.45) is 0.267. The van der Waals surface area contributed by atoms with Crippen molar-refractivity contribution in [1.29, 1.82) is 0 Å². The number of carbonyl (C=O) groups excluding carboxylic acids is 2. The molecule has 112 valence electrons. The molecule has 0 atom stereocenters. The first kappa shape index (κ1) is 16.1. The van der Waals surface area contributed by atoms with E-state index >= 15 is 0 Å². The normalized spacial score (nSPS) is 10.9. The number of hydrogen-bond donors (Lipinski definition) is 1. The Kier molecular flexibility index (Phi) is 5.44. The van der Waals surface area contributed by atoms with Crippen LogP contribution in [0.5, 0.6) is 0 Å². The molecule has 0 saturated carbocycles. The third kappa shape index (κ3) is 4.59. The van der Waals surface area contributed by atoms with Crippen molar-refractivity contribution in [1.82, 2.24) is 10.2 Å². The fourth-order valence-corrected chi connectivity index (χ4v) is 3.29. The van der Waals surface area contributed by atoms with Gasteiger partial charge in [0.05, 0.1) is 9.21 Å². The minimum absolute atomic E-state index is 0.0813. The molecule has 2 rings (SSSR count). The highest BCUT2D eigenvalue weighted by atomic mass is 35.5. The van der Waals surface area contributed by atoms with E-state index in [0.29, 0.717) is 14.3 Å². The highest BCUT2D eigenvalue weighted by molar-refractivity contribution is 7.18. The molecule has 2 heterocycles. The third-order valence-electron chi connectivity index (χ3n) is 2.61. The Labute approximate surface area is 135 Å². The number of carbonyl (C=O) groups is 2. The lowest BCUT2D eigenvalue weighted by Gasteiger charge is -2.00. The van der Waals surface area contributed by atoms with E-state index in [0.717, 1.165) is 5.01 Å². The first-order valence-electron chi connectivity index (χ1n) is 6.37. The van der Waals surface area contributed by atoms with Crippen LogP contribution in [-0.4, -0.2) is 21.9 Å². The van der Waals surface area contributed by atoms with Crippen LogP contribution in [0.1, 0.15) is 47.3 Å². The Morgan fingerprint density at radius 2 is 2.00 bits per heavy atom. The molecule has 0 unspecified atom stereocenters. The van der Waals surface area contributed by atoms with Crippen LogP contribution in [0.25, 0.3) is 0 Å². The van der Waals surface area contributed by atoms with Crippen LogP contribution in [0.4, 0.5) is 5.13 Å². The van der Waals surface area contributed by atoms with Crippen molar-refractivity contribution in [3.8, 4) is 0 Å². The predicted octanol–water partition coefficient (Wildman–Crippen LogP) is 3.98. The minimum Gasteiger partial charge on any atom is -0.301 e. The van der Waals surface area contributed by atoms with Gasteiger partial charge in [0.2, 0.25) is 11.0 Å². The zero-order valence-electron chi connectivity index (χ0n) is 11.6. The van der Waals surface area contributed by atoms with Gasteiger partial charge in [-0.15, -0.1) is 21.5 Å². The Morgan fingerprint density at radius 3 is 2.57 bits per heavy atom. The summed E-state index contributed by atoms with van der Waals surface area (Å²) in [5, 5.41) is 11.9. The summed E-state index contributed by atoms with van der Waals surface area (Å²) in [4.78, 5) is 24.2. The monoisotopic (exact) mass is 343 g/mol. The summed E-state index contributed by atoms with van der Waals surface area (Å²) >= 11 is 8.35. The van der Waals surface area contributed by atoms with Gasteiger partial charge in [-0.2, -0.15) is 0 Å². The average molecular weight is 344 g/mol.